The number of para-hydroxylation sites is 1. The van der Waals surface area contributed by atoms with Gasteiger partial charge >= 0.3 is 0 Å². The first-order valence-electron chi connectivity index (χ1n) is 10.6. The molecule has 3 heterocycles. The van der Waals surface area contributed by atoms with E-state index < -0.39 is 0 Å². The molecule has 1 amide bonds. The minimum Gasteiger partial charge on any atom is -0.308 e. The van der Waals surface area contributed by atoms with Crippen molar-refractivity contribution in [1.29, 1.82) is 0 Å². The highest BCUT2D eigenvalue weighted by Gasteiger charge is 2.30. The Kier molecular flexibility index (Phi) is 5.73. The predicted molar refractivity (Wildman–Crippen MR) is 127 cm³/mol. The van der Waals surface area contributed by atoms with Crippen molar-refractivity contribution in [2.75, 3.05) is 10.7 Å². The molecule has 1 atom stereocenters. The van der Waals surface area contributed by atoms with Gasteiger partial charge in [0.25, 0.3) is 0 Å². The standard InChI is InChI=1S/C25H23N5OS/c1-18-14-20-10-5-6-12-22(20)30(18)23(31)17-32-25-28-27-24(21-11-7-13-26-15-21)29(25)16-19-8-3-2-4-9-19/h2-13,15,18H,14,16-17H2,1H3/t18-/m0/s1. The van der Waals surface area contributed by atoms with Gasteiger partial charge in [-0.25, -0.2) is 0 Å². The Morgan fingerprint density at radius 3 is 2.66 bits per heavy atom. The van der Waals surface area contributed by atoms with Gasteiger partial charge in [-0.2, -0.15) is 0 Å². The van der Waals surface area contributed by atoms with Crippen LogP contribution in [0, 0.1) is 0 Å². The third kappa shape index (κ3) is 4.03. The molecule has 0 aliphatic carbocycles. The van der Waals surface area contributed by atoms with Crippen molar-refractivity contribution in [3.05, 3.63) is 90.3 Å². The minimum atomic E-state index is 0.0876. The number of thioether (sulfide) groups is 1. The Morgan fingerprint density at radius 2 is 1.84 bits per heavy atom. The second kappa shape index (κ2) is 8.96. The van der Waals surface area contributed by atoms with Crippen LogP contribution in [0.2, 0.25) is 0 Å². The lowest BCUT2D eigenvalue weighted by Crippen LogP contribution is -2.37. The van der Waals surface area contributed by atoms with Crippen LogP contribution in [0.4, 0.5) is 5.69 Å². The Morgan fingerprint density at radius 1 is 1.03 bits per heavy atom. The van der Waals surface area contributed by atoms with Crippen molar-refractivity contribution in [3.8, 4) is 11.4 Å². The summed E-state index contributed by atoms with van der Waals surface area (Å²) >= 11 is 1.43. The van der Waals surface area contributed by atoms with E-state index in [9.17, 15) is 4.79 Å². The largest absolute Gasteiger partial charge is 0.308 e. The van der Waals surface area contributed by atoms with Crippen molar-refractivity contribution >= 4 is 23.4 Å². The summed E-state index contributed by atoms with van der Waals surface area (Å²) in [6.07, 6.45) is 4.42. The molecule has 2 aromatic heterocycles. The molecule has 2 aromatic carbocycles. The summed E-state index contributed by atoms with van der Waals surface area (Å²) in [5, 5.41) is 9.59. The molecule has 0 fully saturated rings. The van der Waals surface area contributed by atoms with E-state index in [1.165, 1.54) is 17.3 Å². The molecule has 0 saturated carbocycles. The SMILES string of the molecule is C[C@H]1Cc2ccccc2N1C(=O)CSc1nnc(-c2cccnc2)n1Cc1ccccc1. The van der Waals surface area contributed by atoms with Crippen LogP contribution in [0.5, 0.6) is 0 Å². The average molecular weight is 442 g/mol. The van der Waals surface area contributed by atoms with Crippen LogP contribution in [0.15, 0.2) is 84.3 Å². The molecule has 5 rings (SSSR count). The summed E-state index contributed by atoms with van der Waals surface area (Å²) in [5.74, 6) is 1.14. The van der Waals surface area contributed by atoms with E-state index in [4.69, 9.17) is 0 Å². The van der Waals surface area contributed by atoms with Crippen molar-refractivity contribution in [1.82, 2.24) is 19.7 Å². The molecular weight excluding hydrogens is 418 g/mol. The second-order valence-corrected chi connectivity index (χ2v) is 8.80. The maximum absolute atomic E-state index is 13.2. The van der Waals surface area contributed by atoms with E-state index >= 15 is 0 Å². The minimum absolute atomic E-state index is 0.0876. The smallest absolute Gasteiger partial charge is 0.237 e. The fraction of sp³-hybridized carbons (Fsp3) is 0.200. The third-order valence-corrected chi connectivity index (χ3v) is 6.57. The predicted octanol–water partition coefficient (Wildman–Crippen LogP) is 4.46. The highest BCUT2D eigenvalue weighted by molar-refractivity contribution is 7.99. The number of benzene rings is 2. The van der Waals surface area contributed by atoms with E-state index in [-0.39, 0.29) is 11.9 Å². The topological polar surface area (TPSA) is 63.9 Å². The third-order valence-electron chi connectivity index (χ3n) is 5.62. The summed E-state index contributed by atoms with van der Waals surface area (Å²) in [6.45, 7) is 2.72. The molecule has 4 aromatic rings. The number of rotatable bonds is 6. The van der Waals surface area contributed by atoms with Crippen LogP contribution >= 0.6 is 11.8 Å². The van der Waals surface area contributed by atoms with Gasteiger partial charge in [-0.15, -0.1) is 10.2 Å². The molecule has 1 aliphatic heterocycles. The molecule has 0 bridgehead atoms. The van der Waals surface area contributed by atoms with Crippen molar-refractivity contribution in [3.63, 3.8) is 0 Å². The molecule has 7 heteroatoms. The van der Waals surface area contributed by atoms with Crippen LogP contribution in [-0.2, 0) is 17.8 Å². The molecule has 0 spiro atoms. The normalized spacial score (nSPS) is 15.0. The zero-order valence-corrected chi connectivity index (χ0v) is 18.6. The Labute approximate surface area is 191 Å². The molecule has 1 aliphatic rings. The first-order chi connectivity index (χ1) is 15.7. The summed E-state index contributed by atoms with van der Waals surface area (Å²) in [7, 11) is 0. The number of carbonyl (C=O) groups is 1. The number of fused-ring (bicyclic) bond motifs is 1. The van der Waals surface area contributed by atoms with Gasteiger partial charge in [0.15, 0.2) is 11.0 Å². The molecule has 0 N–H and O–H groups in total. The fourth-order valence-electron chi connectivity index (χ4n) is 4.15. The van der Waals surface area contributed by atoms with Crippen LogP contribution < -0.4 is 4.90 Å². The van der Waals surface area contributed by atoms with Crippen molar-refractivity contribution in [2.45, 2.75) is 31.1 Å². The Bertz CT molecular complexity index is 1230. The lowest BCUT2D eigenvalue weighted by Gasteiger charge is -2.22. The summed E-state index contributed by atoms with van der Waals surface area (Å²) in [6, 6.07) is 22.4. The number of hydrogen-bond acceptors (Lipinski definition) is 5. The molecule has 32 heavy (non-hydrogen) atoms. The zero-order valence-electron chi connectivity index (χ0n) is 17.8. The zero-order chi connectivity index (χ0) is 21.9. The summed E-state index contributed by atoms with van der Waals surface area (Å²) in [5.41, 5.74) is 4.29. The van der Waals surface area contributed by atoms with Crippen molar-refractivity contribution in [2.24, 2.45) is 0 Å². The van der Waals surface area contributed by atoms with Crippen LogP contribution in [0.1, 0.15) is 18.1 Å². The molecule has 6 nitrogen and oxygen atoms in total. The number of amides is 1. The maximum Gasteiger partial charge on any atom is 0.237 e. The lowest BCUT2D eigenvalue weighted by atomic mass is 10.1. The number of anilines is 1. The average Bonchev–Trinajstić information content (AvgIpc) is 3.38. The maximum atomic E-state index is 13.2. The van der Waals surface area contributed by atoms with E-state index in [0.717, 1.165) is 34.2 Å². The van der Waals surface area contributed by atoms with Crippen LogP contribution in [-0.4, -0.2) is 37.5 Å². The number of hydrogen-bond donors (Lipinski definition) is 0. The van der Waals surface area contributed by atoms with Gasteiger partial charge in [-0.05, 0) is 42.7 Å². The lowest BCUT2D eigenvalue weighted by molar-refractivity contribution is -0.116. The van der Waals surface area contributed by atoms with Gasteiger partial charge in [-0.1, -0.05) is 60.3 Å². The van der Waals surface area contributed by atoms with E-state index in [0.29, 0.717) is 12.3 Å². The Hall–Kier alpha value is -3.45. The number of aromatic nitrogens is 4. The number of carbonyl (C=O) groups excluding carboxylic acids is 1. The van der Waals surface area contributed by atoms with Gasteiger partial charge in [0.05, 0.1) is 12.3 Å². The quantitative estimate of drug-likeness (QED) is 0.414. The molecular formula is C25H23N5OS. The monoisotopic (exact) mass is 441 g/mol. The molecule has 160 valence electrons. The van der Waals surface area contributed by atoms with Gasteiger partial charge in [0, 0.05) is 29.7 Å². The van der Waals surface area contributed by atoms with Gasteiger partial charge in [-0.3, -0.25) is 14.3 Å². The Balaban J connectivity index is 1.40. The van der Waals surface area contributed by atoms with Crippen LogP contribution in [0.3, 0.4) is 0 Å². The highest BCUT2D eigenvalue weighted by atomic mass is 32.2. The van der Waals surface area contributed by atoms with Crippen LogP contribution in [0.25, 0.3) is 11.4 Å². The number of nitrogens with zero attached hydrogens (tertiary/aromatic N) is 5. The van der Waals surface area contributed by atoms with E-state index in [2.05, 4.69) is 44.9 Å². The van der Waals surface area contributed by atoms with E-state index in [1.807, 2.05) is 53.4 Å². The summed E-state index contributed by atoms with van der Waals surface area (Å²) < 4.78 is 2.06. The van der Waals surface area contributed by atoms with Gasteiger partial charge < -0.3 is 4.90 Å². The van der Waals surface area contributed by atoms with Crippen molar-refractivity contribution < 1.29 is 4.79 Å². The van der Waals surface area contributed by atoms with Gasteiger partial charge in [0.1, 0.15) is 0 Å². The first kappa shape index (κ1) is 20.5. The first-order valence-corrected chi connectivity index (χ1v) is 11.6. The number of pyridine rings is 1. The molecule has 0 radical (unpaired) electrons. The second-order valence-electron chi connectivity index (χ2n) is 7.85. The molecule has 0 unspecified atom stereocenters. The fourth-order valence-corrected chi connectivity index (χ4v) is 4.95. The van der Waals surface area contributed by atoms with Gasteiger partial charge in [0.2, 0.25) is 5.91 Å². The highest BCUT2D eigenvalue weighted by Crippen LogP contribution is 2.33. The van der Waals surface area contributed by atoms with E-state index in [1.54, 1.807) is 12.4 Å². The molecule has 0 saturated heterocycles. The summed E-state index contributed by atoms with van der Waals surface area (Å²) in [4.78, 5) is 19.3.